The third kappa shape index (κ3) is 4.50. The Hall–Kier alpha value is -2.99. The van der Waals surface area contributed by atoms with E-state index in [0.717, 1.165) is 17.1 Å². The lowest BCUT2D eigenvalue weighted by atomic mass is 10.2. The third-order valence-corrected chi connectivity index (χ3v) is 3.54. The van der Waals surface area contributed by atoms with Crippen molar-refractivity contribution in [3.63, 3.8) is 0 Å². The number of anilines is 2. The van der Waals surface area contributed by atoms with Gasteiger partial charge in [-0.2, -0.15) is 0 Å². The summed E-state index contributed by atoms with van der Waals surface area (Å²) in [4.78, 5) is 15.4. The predicted molar refractivity (Wildman–Crippen MR) is 94.5 cm³/mol. The van der Waals surface area contributed by atoms with Crippen LogP contribution in [-0.2, 0) is 19.6 Å². The lowest BCUT2D eigenvalue weighted by Crippen LogP contribution is -2.24. The molecule has 0 bridgehead atoms. The number of aromatic nitrogens is 3. The van der Waals surface area contributed by atoms with E-state index < -0.39 is 0 Å². The van der Waals surface area contributed by atoms with Crippen LogP contribution >= 0.6 is 0 Å². The first-order valence-corrected chi connectivity index (χ1v) is 7.74. The lowest BCUT2D eigenvalue weighted by Gasteiger charge is -2.21. The monoisotopic (exact) mass is 320 g/mol. The van der Waals surface area contributed by atoms with Crippen molar-refractivity contribution in [1.29, 1.82) is 0 Å². The van der Waals surface area contributed by atoms with Crippen molar-refractivity contribution >= 4 is 11.6 Å². The molecular weight excluding hydrogens is 300 g/mol. The number of nitrogens with two attached hydrogens (primary N) is 2. The van der Waals surface area contributed by atoms with Crippen molar-refractivity contribution in [3.05, 3.63) is 77.9 Å². The van der Waals surface area contributed by atoms with Crippen molar-refractivity contribution in [2.45, 2.75) is 19.6 Å². The zero-order valence-electron chi connectivity index (χ0n) is 13.3. The van der Waals surface area contributed by atoms with Gasteiger partial charge in [-0.1, -0.05) is 18.2 Å². The molecule has 6 heteroatoms. The van der Waals surface area contributed by atoms with Crippen LogP contribution in [0.15, 0.2) is 60.8 Å². The molecule has 0 saturated carbocycles. The van der Waals surface area contributed by atoms with Crippen molar-refractivity contribution in [2.24, 2.45) is 0 Å². The summed E-state index contributed by atoms with van der Waals surface area (Å²) in [6.07, 6.45) is 1.80. The fourth-order valence-electron chi connectivity index (χ4n) is 2.52. The molecule has 3 rings (SSSR count). The van der Waals surface area contributed by atoms with Crippen molar-refractivity contribution < 1.29 is 0 Å². The maximum absolute atomic E-state index is 5.79. The van der Waals surface area contributed by atoms with E-state index in [4.69, 9.17) is 11.5 Å². The van der Waals surface area contributed by atoms with Gasteiger partial charge in [0.2, 0.25) is 0 Å². The van der Waals surface area contributed by atoms with Gasteiger partial charge in [0.1, 0.15) is 11.6 Å². The van der Waals surface area contributed by atoms with Crippen LogP contribution in [0, 0.1) is 0 Å². The van der Waals surface area contributed by atoms with Crippen LogP contribution in [0.4, 0.5) is 11.6 Å². The molecule has 0 atom stereocenters. The van der Waals surface area contributed by atoms with E-state index in [-0.39, 0.29) is 0 Å². The maximum atomic E-state index is 5.79. The number of nitrogen functional groups attached to an aromatic ring is 2. The van der Waals surface area contributed by atoms with Gasteiger partial charge in [0, 0.05) is 25.8 Å². The van der Waals surface area contributed by atoms with E-state index in [0.29, 0.717) is 31.3 Å². The van der Waals surface area contributed by atoms with Crippen LogP contribution in [0.25, 0.3) is 0 Å². The molecule has 0 fully saturated rings. The number of rotatable bonds is 6. The first-order chi connectivity index (χ1) is 11.7. The molecule has 0 unspecified atom stereocenters. The molecule has 0 spiro atoms. The Balaban J connectivity index is 1.80. The van der Waals surface area contributed by atoms with Gasteiger partial charge >= 0.3 is 0 Å². The minimum Gasteiger partial charge on any atom is -0.384 e. The summed E-state index contributed by atoms with van der Waals surface area (Å²) in [5.74, 6) is 1.04. The smallest absolute Gasteiger partial charge is 0.123 e. The van der Waals surface area contributed by atoms with E-state index in [2.05, 4.69) is 19.9 Å². The molecule has 3 heterocycles. The van der Waals surface area contributed by atoms with E-state index >= 15 is 0 Å². The molecule has 0 amide bonds. The molecule has 0 saturated heterocycles. The van der Waals surface area contributed by atoms with Crippen LogP contribution in [0.1, 0.15) is 17.1 Å². The number of pyridine rings is 3. The average Bonchev–Trinajstić information content (AvgIpc) is 2.56. The number of hydrogen-bond donors (Lipinski definition) is 2. The molecule has 24 heavy (non-hydrogen) atoms. The van der Waals surface area contributed by atoms with Gasteiger partial charge in [0.25, 0.3) is 0 Å². The SMILES string of the molecule is Nc1cccc(CN(Cc2ccccn2)Cc2cccc(N)n2)n1. The normalized spacial score (nSPS) is 10.9. The van der Waals surface area contributed by atoms with E-state index in [9.17, 15) is 0 Å². The summed E-state index contributed by atoms with van der Waals surface area (Å²) in [5.41, 5.74) is 14.4. The van der Waals surface area contributed by atoms with E-state index in [1.54, 1.807) is 18.3 Å². The van der Waals surface area contributed by atoms with Gasteiger partial charge in [-0.25, -0.2) is 9.97 Å². The van der Waals surface area contributed by atoms with Crippen molar-refractivity contribution in [3.8, 4) is 0 Å². The summed E-state index contributed by atoms with van der Waals surface area (Å²) < 4.78 is 0. The minimum absolute atomic E-state index is 0.521. The quantitative estimate of drug-likeness (QED) is 0.723. The molecule has 3 aromatic rings. The summed E-state index contributed by atoms with van der Waals surface area (Å²) in [6.45, 7) is 1.99. The van der Waals surface area contributed by atoms with Gasteiger partial charge in [-0.15, -0.1) is 0 Å². The Bertz CT molecular complexity index is 743. The van der Waals surface area contributed by atoms with Gasteiger partial charge < -0.3 is 11.5 Å². The third-order valence-electron chi connectivity index (χ3n) is 3.54. The second kappa shape index (κ2) is 7.52. The van der Waals surface area contributed by atoms with Crippen LogP contribution < -0.4 is 11.5 Å². The van der Waals surface area contributed by atoms with Crippen LogP contribution in [-0.4, -0.2) is 19.9 Å². The van der Waals surface area contributed by atoms with Crippen LogP contribution in [0.3, 0.4) is 0 Å². The highest BCUT2D eigenvalue weighted by atomic mass is 15.1. The highest BCUT2D eigenvalue weighted by molar-refractivity contribution is 5.30. The van der Waals surface area contributed by atoms with Gasteiger partial charge in [-0.05, 0) is 36.4 Å². The summed E-state index contributed by atoms with van der Waals surface area (Å²) >= 11 is 0. The number of hydrogen-bond acceptors (Lipinski definition) is 6. The molecule has 0 aliphatic rings. The number of nitrogens with zero attached hydrogens (tertiary/aromatic N) is 4. The molecule has 6 nitrogen and oxygen atoms in total. The Morgan fingerprint density at radius 3 is 1.71 bits per heavy atom. The fraction of sp³-hybridized carbons (Fsp3) is 0.167. The molecule has 0 aromatic carbocycles. The van der Waals surface area contributed by atoms with Gasteiger partial charge in [0.15, 0.2) is 0 Å². The van der Waals surface area contributed by atoms with Crippen molar-refractivity contribution in [1.82, 2.24) is 19.9 Å². The average molecular weight is 320 g/mol. The van der Waals surface area contributed by atoms with Crippen LogP contribution in [0.2, 0.25) is 0 Å². The Morgan fingerprint density at radius 2 is 1.21 bits per heavy atom. The molecule has 122 valence electrons. The Kier molecular flexibility index (Phi) is 4.98. The molecule has 3 aromatic heterocycles. The highest BCUT2D eigenvalue weighted by Gasteiger charge is 2.11. The maximum Gasteiger partial charge on any atom is 0.123 e. The lowest BCUT2D eigenvalue weighted by molar-refractivity contribution is 0.239. The van der Waals surface area contributed by atoms with Crippen LogP contribution in [0.5, 0.6) is 0 Å². The zero-order chi connectivity index (χ0) is 16.8. The Morgan fingerprint density at radius 1 is 0.667 bits per heavy atom. The molecule has 0 radical (unpaired) electrons. The minimum atomic E-state index is 0.521. The molecule has 0 aliphatic carbocycles. The topological polar surface area (TPSA) is 94.0 Å². The summed E-state index contributed by atoms with van der Waals surface area (Å²) in [6, 6.07) is 17.2. The van der Waals surface area contributed by atoms with E-state index in [1.165, 1.54) is 0 Å². The first kappa shape index (κ1) is 15.9. The highest BCUT2D eigenvalue weighted by Crippen LogP contribution is 2.12. The largest absolute Gasteiger partial charge is 0.384 e. The molecule has 4 N–H and O–H groups in total. The fourth-order valence-corrected chi connectivity index (χ4v) is 2.52. The summed E-state index contributed by atoms with van der Waals surface area (Å²) in [5, 5.41) is 0. The second-order valence-electron chi connectivity index (χ2n) is 5.57. The molecule has 0 aliphatic heterocycles. The first-order valence-electron chi connectivity index (χ1n) is 7.74. The van der Waals surface area contributed by atoms with E-state index in [1.807, 2.05) is 42.5 Å². The van der Waals surface area contributed by atoms with Gasteiger partial charge in [-0.3, -0.25) is 9.88 Å². The predicted octanol–water partition coefficient (Wildman–Crippen LogP) is 2.24. The molecular formula is C18H20N6. The second-order valence-corrected chi connectivity index (χ2v) is 5.57. The summed E-state index contributed by atoms with van der Waals surface area (Å²) in [7, 11) is 0. The Labute approximate surface area is 141 Å². The van der Waals surface area contributed by atoms with Crippen molar-refractivity contribution in [2.75, 3.05) is 11.5 Å². The zero-order valence-corrected chi connectivity index (χ0v) is 13.3. The standard InChI is InChI=1S/C18H20N6/c19-17-8-3-6-15(22-17)12-24(11-14-5-1-2-10-21-14)13-16-7-4-9-18(20)23-16/h1-10H,11-13H2,(H2,19,22)(H2,20,23). The van der Waals surface area contributed by atoms with Gasteiger partial charge in [0.05, 0.1) is 17.1 Å².